The number of hydrogen-bond acceptors (Lipinski definition) is 5. The zero-order valence-electron chi connectivity index (χ0n) is 20.9. The maximum Gasteiger partial charge on any atom is 0.267 e. The van der Waals surface area contributed by atoms with Crippen molar-refractivity contribution >= 4 is 24.1 Å². The molecule has 1 unspecified atom stereocenters. The van der Waals surface area contributed by atoms with E-state index < -0.39 is 11.8 Å². The smallest absolute Gasteiger partial charge is 0.267 e. The Labute approximate surface area is 202 Å². The van der Waals surface area contributed by atoms with E-state index in [-0.39, 0.29) is 23.9 Å². The fourth-order valence-corrected chi connectivity index (χ4v) is 4.04. The van der Waals surface area contributed by atoms with Gasteiger partial charge in [0.05, 0.1) is 11.7 Å². The van der Waals surface area contributed by atoms with Gasteiger partial charge in [-0.05, 0) is 12.0 Å². The highest BCUT2D eigenvalue weighted by Crippen LogP contribution is 2.34. The Morgan fingerprint density at radius 2 is 1.59 bits per heavy atom. The van der Waals surface area contributed by atoms with Crippen molar-refractivity contribution in [1.29, 1.82) is 0 Å². The predicted molar refractivity (Wildman–Crippen MR) is 131 cm³/mol. The summed E-state index contributed by atoms with van der Waals surface area (Å²) in [7, 11) is 4.40. The minimum Gasteiger partial charge on any atom is -0.345 e. The van der Waals surface area contributed by atoms with Crippen molar-refractivity contribution in [2.24, 2.45) is 0 Å². The van der Waals surface area contributed by atoms with Crippen LogP contribution in [0.3, 0.4) is 0 Å². The van der Waals surface area contributed by atoms with Gasteiger partial charge in [0.15, 0.2) is 0 Å². The monoisotopic (exact) mass is 470 g/mol. The molecule has 0 radical (unpaired) electrons. The first-order valence-electron chi connectivity index (χ1n) is 12.1. The second-order valence-electron chi connectivity index (χ2n) is 8.95. The topological polar surface area (TPSA) is 90.0 Å². The molecule has 0 aromatic heterocycles. The van der Waals surface area contributed by atoms with Crippen LogP contribution in [-0.4, -0.2) is 60.1 Å². The fraction of sp³-hybridized carbons (Fsp3) is 0.538. The van der Waals surface area contributed by atoms with Crippen LogP contribution in [0.1, 0.15) is 76.3 Å². The van der Waals surface area contributed by atoms with Crippen LogP contribution in [0, 0.1) is 0 Å². The van der Waals surface area contributed by atoms with Gasteiger partial charge >= 0.3 is 0 Å². The van der Waals surface area contributed by atoms with Crippen LogP contribution in [0.5, 0.6) is 0 Å². The molecule has 0 bridgehead atoms. The standard InChI is InChI=1S/C26H38N4O4/c1-5-6-7-8-9-10-14-17-23(32)30-22(20-15-12-11-13-16-20)18-21(27-30)24(25(33)28(2)3)26(34)29(4)19-31/h11-13,15-16,19,22,27H,5-10,14,17-18H2,1-4H3/b24-21+. The van der Waals surface area contributed by atoms with Crippen molar-refractivity contribution < 1.29 is 19.2 Å². The second kappa shape index (κ2) is 13.5. The molecule has 1 aliphatic rings. The van der Waals surface area contributed by atoms with Gasteiger partial charge in [-0.1, -0.05) is 75.8 Å². The van der Waals surface area contributed by atoms with E-state index >= 15 is 0 Å². The largest absolute Gasteiger partial charge is 0.345 e. The summed E-state index contributed by atoms with van der Waals surface area (Å²) in [5.41, 5.74) is 4.18. The third-order valence-corrected chi connectivity index (χ3v) is 6.03. The molecule has 1 heterocycles. The number of benzene rings is 1. The first-order chi connectivity index (χ1) is 16.3. The van der Waals surface area contributed by atoms with Gasteiger partial charge in [0.25, 0.3) is 11.8 Å². The highest BCUT2D eigenvalue weighted by molar-refractivity contribution is 6.20. The summed E-state index contributed by atoms with van der Waals surface area (Å²) in [5, 5.41) is 1.54. The number of nitrogens with one attached hydrogen (secondary N) is 1. The van der Waals surface area contributed by atoms with E-state index in [4.69, 9.17) is 0 Å². The lowest BCUT2D eigenvalue weighted by Gasteiger charge is -2.24. The van der Waals surface area contributed by atoms with Crippen molar-refractivity contribution in [3.05, 3.63) is 47.2 Å². The van der Waals surface area contributed by atoms with Crippen LogP contribution < -0.4 is 5.43 Å². The molecule has 34 heavy (non-hydrogen) atoms. The van der Waals surface area contributed by atoms with Gasteiger partial charge in [-0.2, -0.15) is 0 Å². The normalized spacial score (nSPS) is 16.6. The molecule has 2 rings (SSSR count). The summed E-state index contributed by atoms with van der Waals surface area (Å²) in [6, 6.07) is 9.19. The maximum absolute atomic E-state index is 13.2. The van der Waals surface area contributed by atoms with Gasteiger partial charge in [-0.15, -0.1) is 0 Å². The van der Waals surface area contributed by atoms with Crippen LogP contribution in [0.25, 0.3) is 0 Å². The molecule has 186 valence electrons. The molecule has 1 aromatic carbocycles. The highest BCUT2D eigenvalue weighted by Gasteiger charge is 2.38. The minimum atomic E-state index is -0.704. The van der Waals surface area contributed by atoms with E-state index in [2.05, 4.69) is 12.3 Å². The average molecular weight is 471 g/mol. The number of hydrazine groups is 1. The summed E-state index contributed by atoms with van der Waals surface area (Å²) in [4.78, 5) is 52.3. The van der Waals surface area contributed by atoms with E-state index in [0.29, 0.717) is 18.5 Å². The van der Waals surface area contributed by atoms with Crippen molar-refractivity contribution in [2.75, 3.05) is 21.1 Å². The molecule has 8 nitrogen and oxygen atoms in total. The Balaban J connectivity index is 2.26. The molecule has 1 saturated heterocycles. The SMILES string of the molecule is CCCCCCCCCC(=O)N1N/C(=C(\C(=O)N(C)C)C(=O)N(C)C=O)CC1c1ccccc1. The molecule has 1 aliphatic heterocycles. The van der Waals surface area contributed by atoms with Crippen molar-refractivity contribution in [3.63, 3.8) is 0 Å². The Morgan fingerprint density at radius 1 is 0.971 bits per heavy atom. The first-order valence-corrected chi connectivity index (χ1v) is 12.1. The zero-order chi connectivity index (χ0) is 25.1. The number of imide groups is 1. The van der Waals surface area contributed by atoms with Crippen LogP contribution in [-0.2, 0) is 19.2 Å². The lowest BCUT2D eigenvalue weighted by atomic mass is 10.00. The number of rotatable bonds is 12. The molecule has 4 amide bonds. The van der Waals surface area contributed by atoms with Gasteiger partial charge in [0.1, 0.15) is 5.57 Å². The lowest BCUT2D eigenvalue weighted by molar-refractivity contribution is -0.137. The molecular formula is C26H38N4O4. The number of nitrogens with zero attached hydrogens (tertiary/aromatic N) is 3. The number of amides is 4. The van der Waals surface area contributed by atoms with Crippen LogP contribution >= 0.6 is 0 Å². The van der Waals surface area contributed by atoms with Gasteiger partial charge in [-0.25, -0.2) is 5.01 Å². The van der Waals surface area contributed by atoms with Gasteiger partial charge < -0.3 is 4.90 Å². The van der Waals surface area contributed by atoms with Gasteiger partial charge in [-0.3, -0.25) is 29.5 Å². The highest BCUT2D eigenvalue weighted by atomic mass is 16.2. The van der Waals surface area contributed by atoms with Crippen molar-refractivity contribution in [3.8, 4) is 0 Å². The molecule has 0 aliphatic carbocycles. The summed E-state index contributed by atoms with van der Waals surface area (Å²) >= 11 is 0. The van der Waals surface area contributed by atoms with Gasteiger partial charge in [0, 0.05) is 34.0 Å². The summed E-state index contributed by atoms with van der Waals surface area (Å²) < 4.78 is 0. The Hall–Kier alpha value is -3.16. The fourth-order valence-electron chi connectivity index (χ4n) is 4.04. The van der Waals surface area contributed by atoms with E-state index in [1.807, 2.05) is 30.3 Å². The zero-order valence-corrected chi connectivity index (χ0v) is 20.9. The predicted octanol–water partition coefficient (Wildman–Crippen LogP) is 3.56. The van der Waals surface area contributed by atoms with E-state index in [1.54, 1.807) is 19.1 Å². The summed E-state index contributed by atoms with van der Waals surface area (Å²) in [5.74, 6) is -1.30. The van der Waals surface area contributed by atoms with Crippen molar-refractivity contribution in [1.82, 2.24) is 20.2 Å². The second-order valence-corrected chi connectivity index (χ2v) is 8.95. The first kappa shape index (κ1) is 27.1. The van der Waals surface area contributed by atoms with Crippen LogP contribution in [0.2, 0.25) is 0 Å². The van der Waals surface area contributed by atoms with Gasteiger partial charge in [0.2, 0.25) is 12.3 Å². The molecule has 1 aromatic rings. The molecule has 1 atom stereocenters. The Morgan fingerprint density at radius 3 is 2.18 bits per heavy atom. The molecular weight excluding hydrogens is 432 g/mol. The van der Waals surface area contributed by atoms with E-state index in [1.165, 1.54) is 37.6 Å². The number of hydrogen-bond donors (Lipinski definition) is 1. The van der Waals surface area contributed by atoms with Crippen molar-refractivity contribution in [2.45, 2.75) is 70.8 Å². The number of carbonyl (C=O) groups excluding carboxylic acids is 4. The summed E-state index contributed by atoms with van der Waals surface area (Å²) in [6.45, 7) is 2.19. The third-order valence-electron chi connectivity index (χ3n) is 6.03. The maximum atomic E-state index is 13.2. The van der Waals surface area contributed by atoms with Crippen LogP contribution in [0.15, 0.2) is 41.6 Å². The van der Waals surface area contributed by atoms with E-state index in [9.17, 15) is 19.2 Å². The summed E-state index contributed by atoms with van der Waals surface area (Å²) in [6.07, 6.45) is 8.81. The van der Waals surface area contributed by atoms with E-state index in [0.717, 1.165) is 29.7 Å². The number of likely N-dealkylation sites (N-methyl/N-ethyl adjacent to an activating group) is 2. The molecule has 1 fully saturated rings. The molecule has 8 heteroatoms. The molecule has 1 N–H and O–H groups in total. The number of unbranched alkanes of at least 4 members (excludes halogenated alkanes) is 6. The molecule has 0 spiro atoms. The minimum absolute atomic E-state index is 0.0785. The number of carbonyl (C=O) groups is 4. The quantitative estimate of drug-likeness (QED) is 0.166. The Kier molecular flexibility index (Phi) is 10.8. The lowest BCUT2D eigenvalue weighted by Crippen LogP contribution is -2.41. The Bertz CT molecular complexity index is 882. The van der Waals surface area contributed by atoms with Crippen LogP contribution in [0.4, 0.5) is 0 Å². The third kappa shape index (κ3) is 7.17. The average Bonchev–Trinajstić information content (AvgIpc) is 3.28. The molecule has 0 saturated carbocycles.